The van der Waals surface area contributed by atoms with Gasteiger partial charge in [0.2, 0.25) is 0 Å². The number of ether oxygens (including phenoxy) is 1. The van der Waals surface area contributed by atoms with Gasteiger partial charge < -0.3 is 9.30 Å². The summed E-state index contributed by atoms with van der Waals surface area (Å²) >= 11 is 0. The Morgan fingerprint density at radius 3 is 3.12 bits per heavy atom. The third-order valence-corrected chi connectivity index (χ3v) is 2.90. The highest BCUT2D eigenvalue weighted by molar-refractivity contribution is 5.85. The Hall–Kier alpha value is -1.84. The van der Waals surface area contributed by atoms with E-state index < -0.39 is 5.82 Å². The van der Waals surface area contributed by atoms with Gasteiger partial charge in [0.15, 0.2) is 5.43 Å². The summed E-state index contributed by atoms with van der Waals surface area (Å²) in [7, 11) is 0. The minimum absolute atomic E-state index is 0.154. The normalized spacial score (nSPS) is 18.5. The second-order valence-electron chi connectivity index (χ2n) is 4.05. The van der Waals surface area contributed by atoms with Gasteiger partial charge in [0.25, 0.3) is 0 Å². The topological polar surface area (TPSA) is 31.2 Å². The van der Waals surface area contributed by atoms with Gasteiger partial charge in [-0.2, -0.15) is 0 Å². The van der Waals surface area contributed by atoms with Crippen LogP contribution in [0.2, 0.25) is 0 Å². The molecule has 0 saturated carbocycles. The summed E-state index contributed by atoms with van der Waals surface area (Å²) in [5.74, 6) is 0.0118. The van der Waals surface area contributed by atoms with Gasteiger partial charge in [-0.15, -0.1) is 0 Å². The molecule has 0 radical (unpaired) electrons. The molecular formula is C12H10FNO2. The van der Waals surface area contributed by atoms with Crippen molar-refractivity contribution in [2.24, 2.45) is 0 Å². The third-order valence-electron chi connectivity index (χ3n) is 2.90. The minimum atomic E-state index is -0.438. The molecule has 1 aromatic heterocycles. The summed E-state index contributed by atoms with van der Waals surface area (Å²) in [5.41, 5.74) is 0.511. The van der Waals surface area contributed by atoms with E-state index >= 15 is 0 Å². The number of aromatic nitrogens is 1. The molecule has 1 aliphatic rings. The zero-order valence-corrected chi connectivity index (χ0v) is 8.74. The molecule has 0 saturated heterocycles. The van der Waals surface area contributed by atoms with Crippen molar-refractivity contribution in [2.45, 2.75) is 13.0 Å². The predicted molar refractivity (Wildman–Crippen MR) is 58.4 cm³/mol. The van der Waals surface area contributed by atoms with E-state index in [0.29, 0.717) is 23.3 Å². The Labute approximate surface area is 91.1 Å². The summed E-state index contributed by atoms with van der Waals surface area (Å²) in [6.07, 6.45) is 1.74. The lowest BCUT2D eigenvalue weighted by atomic mass is 10.1. The molecule has 3 nitrogen and oxygen atoms in total. The molecule has 0 amide bonds. The first-order chi connectivity index (χ1) is 7.66. The number of hydrogen-bond acceptors (Lipinski definition) is 2. The SMILES string of the molecule is CC1COc2cc(F)cc3c(=O)ccn1c23. The summed E-state index contributed by atoms with van der Waals surface area (Å²) < 4.78 is 20.7. The van der Waals surface area contributed by atoms with Crippen LogP contribution in [0.5, 0.6) is 5.75 Å². The molecule has 0 aliphatic carbocycles. The lowest BCUT2D eigenvalue weighted by Gasteiger charge is -2.26. The maximum Gasteiger partial charge on any atom is 0.189 e. The first-order valence-corrected chi connectivity index (χ1v) is 5.14. The van der Waals surface area contributed by atoms with Crippen LogP contribution in [0, 0.1) is 5.82 Å². The summed E-state index contributed by atoms with van der Waals surface area (Å²) in [6.45, 7) is 2.49. The van der Waals surface area contributed by atoms with Crippen molar-refractivity contribution in [1.82, 2.24) is 4.57 Å². The van der Waals surface area contributed by atoms with Crippen LogP contribution >= 0.6 is 0 Å². The molecule has 2 aromatic rings. The fourth-order valence-electron chi connectivity index (χ4n) is 2.11. The lowest BCUT2D eigenvalue weighted by molar-refractivity contribution is 0.246. The van der Waals surface area contributed by atoms with E-state index in [9.17, 15) is 9.18 Å². The lowest BCUT2D eigenvalue weighted by Crippen LogP contribution is -2.22. The average molecular weight is 219 g/mol. The molecule has 4 heteroatoms. The van der Waals surface area contributed by atoms with Crippen LogP contribution in [0.25, 0.3) is 10.9 Å². The second-order valence-corrected chi connectivity index (χ2v) is 4.05. The van der Waals surface area contributed by atoms with Crippen molar-refractivity contribution in [1.29, 1.82) is 0 Å². The Morgan fingerprint density at radius 2 is 2.31 bits per heavy atom. The van der Waals surface area contributed by atoms with Crippen molar-refractivity contribution in [3.8, 4) is 5.75 Å². The molecule has 1 aliphatic heterocycles. The maximum atomic E-state index is 13.3. The van der Waals surface area contributed by atoms with E-state index in [0.717, 1.165) is 0 Å². The first kappa shape index (κ1) is 9.39. The third kappa shape index (κ3) is 1.16. The van der Waals surface area contributed by atoms with E-state index in [1.807, 2.05) is 11.5 Å². The van der Waals surface area contributed by atoms with Gasteiger partial charge in [0.05, 0.1) is 16.9 Å². The number of halogens is 1. The number of pyridine rings is 1. The van der Waals surface area contributed by atoms with Crippen molar-refractivity contribution >= 4 is 10.9 Å². The molecular weight excluding hydrogens is 209 g/mol. The smallest absolute Gasteiger partial charge is 0.189 e. The first-order valence-electron chi connectivity index (χ1n) is 5.14. The molecule has 0 spiro atoms. The Morgan fingerprint density at radius 1 is 1.50 bits per heavy atom. The highest BCUT2D eigenvalue weighted by Crippen LogP contribution is 2.31. The molecule has 82 valence electrons. The molecule has 1 atom stereocenters. The zero-order valence-electron chi connectivity index (χ0n) is 8.74. The Balaban J connectivity index is 2.53. The number of hydrogen-bond donors (Lipinski definition) is 0. The minimum Gasteiger partial charge on any atom is -0.489 e. The highest BCUT2D eigenvalue weighted by Gasteiger charge is 2.19. The predicted octanol–water partition coefficient (Wildman–Crippen LogP) is 2.09. The quantitative estimate of drug-likeness (QED) is 0.679. The fourth-order valence-corrected chi connectivity index (χ4v) is 2.11. The molecule has 0 N–H and O–H groups in total. The van der Waals surface area contributed by atoms with Gasteiger partial charge in [-0.3, -0.25) is 4.79 Å². The standard InChI is InChI=1S/C12H10FNO2/c1-7-6-16-11-5-8(13)4-9-10(15)2-3-14(7)12(9)11/h2-5,7H,6H2,1H3. The average Bonchev–Trinajstić information content (AvgIpc) is 2.26. The molecule has 16 heavy (non-hydrogen) atoms. The number of benzene rings is 1. The molecule has 1 aromatic carbocycles. The van der Waals surface area contributed by atoms with Gasteiger partial charge in [-0.1, -0.05) is 0 Å². The summed E-state index contributed by atoms with van der Waals surface area (Å²) in [5, 5.41) is 0.379. The van der Waals surface area contributed by atoms with Crippen LogP contribution in [0.3, 0.4) is 0 Å². The van der Waals surface area contributed by atoms with E-state index in [1.165, 1.54) is 18.2 Å². The van der Waals surface area contributed by atoms with E-state index in [2.05, 4.69) is 0 Å². The number of nitrogens with zero attached hydrogens (tertiary/aromatic N) is 1. The zero-order chi connectivity index (χ0) is 11.3. The molecule has 0 fully saturated rings. The fraction of sp³-hybridized carbons (Fsp3) is 0.250. The van der Waals surface area contributed by atoms with Crippen molar-refractivity contribution in [3.63, 3.8) is 0 Å². The Kier molecular flexibility index (Phi) is 1.80. The second kappa shape index (κ2) is 3.07. The van der Waals surface area contributed by atoms with Crippen LogP contribution < -0.4 is 10.2 Å². The van der Waals surface area contributed by atoms with Crippen LogP contribution in [-0.4, -0.2) is 11.2 Å². The maximum absolute atomic E-state index is 13.3. The monoisotopic (exact) mass is 219 g/mol. The Bertz CT molecular complexity index is 633. The summed E-state index contributed by atoms with van der Waals surface area (Å²) in [4.78, 5) is 11.6. The van der Waals surface area contributed by atoms with Gasteiger partial charge in [0.1, 0.15) is 18.2 Å². The molecule has 1 unspecified atom stereocenters. The van der Waals surface area contributed by atoms with E-state index in [-0.39, 0.29) is 11.5 Å². The molecule has 2 heterocycles. The molecule has 3 rings (SSSR count). The van der Waals surface area contributed by atoms with Gasteiger partial charge in [-0.05, 0) is 13.0 Å². The van der Waals surface area contributed by atoms with Crippen molar-refractivity contribution in [3.05, 3.63) is 40.4 Å². The number of rotatable bonds is 0. The van der Waals surface area contributed by atoms with E-state index in [1.54, 1.807) is 6.20 Å². The van der Waals surface area contributed by atoms with Crippen LogP contribution in [0.1, 0.15) is 13.0 Å². The van der Waals surface area contributed by atoms with Gasteiger partial charge >= 0.3 is 0 Å². The van der Waals surface area contributed by atoms with Gasteiger partial charge in [0, 0.05) is 18.3 Å². The van der Waals surface area contributed by atoms with Crippen LogP contribution in [0.4, 0.5) is 4.39 Å². The highest BCUT2D eigenvalue weighted by atomic mass is 19.1. The largest absolute Gasteiger partial charge is 0.489 e. The molecule has 0 bridgehead atoms. The van der Waals surface area contributed by atoms with Crippen molar-refractivity contribution < 1.29 is 9.13 Å². The van der Waals surface area contributed by atoms with Crippen molar-refractivity contribution in [2.75, 3.05) is 6.61 Å². The van der Waals surface area contributed by atoms with Crippen LogP contribution in [0.15, 0.2) is 29.2 Å². The van der Waals surface area contributed by atoms with Gasteiger partial charge in [-0.25, -0.2) is 4.39 Å². The van der Waals surface area contributed by atoms with E-state index in [4.69, 9.17) is 4.74 Å². The van der Waals surface area contributed by atoms with Crippen LogP contribution in [-0.2, 0) is 0 Å². The summed E-state index contributed by atoms with van der Waals surface area (Å²) in [6, 6.07) is 4.21.